The van der Waals surface area contributed by atoms with Gasteiger partial charge in [-0.1, -0.05) is 75.1 Å². The Morgan fingerprint density at radius 2 is 1.23 bits per heavy atom. The molecule has 4 aromatic rings. The molecule has 0 saturated carbocycles. The Kier molecular flexibility index (Phi) is 9.94. The average Bonchev–Trinajstić information content (AvgIpc) is 2.92. The number of halogens is 6. The maximum absolute atomic E-state index is 15.2. The summed E-state index contributed by atoms with van der Waals surface area (Å²) in [6.45, 7) is 2.15. The van der Waals surface area contributed by atoms with Crippen LogP contribution in [0, 0.1) is 17.5 Å². The van der Waals surface area contributed by atoms with E-state index in [1.54, 1.807) is 24.3 Å². The van der Waals surface area contributed by atoms with Gasteiger partial charge in [0.1, 0.15) is 17.5 Å². The Balaban J connectivity index is 1.38. The number of hydrogen-bond donors (Lipinski definition) is 0. The minimum Gasteiger partial charge on any atom is -0.207 e. The Hall–Kier alpha value is -3.28. The Morgan fingerprint density at radius 3 is 1.90 bits per heavy atom. The molecular weight excluding hydrogens is 522 g/mol. The summed E-state index contributed by atoms with van der Waals surface area (Å²) in [5.74, 6) is -1.40. The van der Waals surface area contributed by atoms with Crippen molar-refractivity contribution in [2.24, 2.45) is 0 Å². The lowest BCUT2D eigenvalue weighted by Gasteiger charge is -2.11. The van der Waals surface area contributed by atoms with Crippen molar-refractivity contribution in [1.82, 2.24) is 0 Å². The quantitative estimate of drug-likeness (QED) is 0.120. The van der Waals surface area contributed by atoms with Crippen LogP contribution >= 0.6 is 0 Å². The number of alkyl halides is 3. The highest BCUT2D eigenvalue weighted by Crippen LogP contribution is 2.30. The van der Waals surface area contributed by atoms with E-state index >= 15 is 4.39 Å². The van der Waals surface area contributed by atoms with Gasteiger partial charge in [-0.25, -0.2) is 13.2 Å². The molecule has 0 atom stereocenters. The molecule has 0 saturated heterocycles. The minimum atomic E-state index is -4.39. The van der Waals surface area contributed by atoms with Gasteiger partial charge in [0, 0.05) is 10.9 Å². The van der Waals surface area contributed by atoms with Crippen molar-refractivity contribution in [1.29, 1.82) is 0 Å². The zero-order valence-corrected chi connectivity index (χ0v) is 22.7. The second kappa shape index (κ2) is 13.4. The van der Waals surface area contributed by atoms with Gasteiger partial charge in [0.15, 0.2) is 0 Å². The summed E-state index contributed by atoms with van der Waals surface area (Å²) < 4.78 is 83.0. The third-order valence-corrected chi connectivity index (χ3v) is 7.50. The van der Waals surface area contributed by atoms with Gasteiger partial charge in [0.05, 0.1) is 5.56 Å². The molecule has 40 heavy (non-hydrogen) atoms. The molecule has 0 aliphatic rings. The van der Waals surface area contributed by atoms with Gasteiger partial charge in [-0.15, -0.1) is 0 Å². The van der Waals surface area contributed by atoms with Crippen LogP contribution in [0.15, 0.2) is 66.7 Å². The standard InChI is InChI=1S/C34H34F6/c1-2-3-4-5-6-7-25-21-31(35)30(32(36)22-25)19-12-24-11-18-29-27(20-24)15-14-26(33(29)37)13-8-23-9-16-28(17-10-23)34(38,39)40/h9-11,14-18,20-22H,2-8,12-13,19H2,1H3. The van der Waals surface area contributed by atoms with Crippen LogP contribution in [-0.2, 0) is 38.3 Å². The van der Waals surface area contributed by atoms with E-state index in [1.807, 2.05) is 6.07 Å². The van der Waals surface area contributed by atoms with Crippen molar-refractivity contribution in [3.05, 3.63) is 118 Å². The molecule has 4 rings (SSSR count). The van der Waals surface area contributed by atoms with Gasteiger partial charge >= 0.3 is 6.18 Å². The minimum absolute atomic E-state index is 0.0691. The average molecular weight is 557 g/mol. The Labute approximate surface area is 232 Å². The van der Waals surface area contributed by atoms with Gasteiger partial charge in [0.25, 0.3) is 0 Å². The monoisotopic (exact) mass is 556 g/mol. The normalized spacial score (nSPS) is 11.9. The van der Waals surface area contributed by atoms with Crippen LogP contribution < -0.4 is 0 Å². The van der Waals surface area contributed by atoms with Gasteiger partial charge in [-0.3, -0.25) is 0 Å². The molecule has 0 heterocycles. The molecule has 0 spiro atoms. The van der Waals surface area contributed by atoms with E-state index in [0.29, 0.717) is 53.1 Å². The Bertz CT molecular complexity index is 1400. The van der Waals surface area contributed by atoms with Crippen LogP contribution in [0.2, 0.25) is 0 Å². The molecule has 212 valence electrons. The molecule has 0 aromatic heterocycles. The summed E-state index contributed by atoms with van der Waals surface area (Å²) >= 11 is 0. The second-order valence-electron chi connectivity index (χ2n) is 10.5. The summed E-state index contributed by atoms with van der Waals surface area (Å²) in [7, 11) is 0. The summed E-state index contributed by atoms with van der Waals surface area (Å²) in [5, 5.41) is 1.13. The predicted octanol–water partition coefficient (Wildman–Crippen LogP) is 10.4. The number of unbranched alkanes of at least 4 members (excludes halogenated alkanes) is 4. The van der Waals surface area contributed by atoms with Crippen molar-refractivity contribution in [3.63, 3.8) is 0 Å². The molecule has 0 radical (unpaired) electrons. The van der Waals surface area contributed by atoms with Gasteiger partial charge in [-0.2, -0.15) is 13.2 Å². The Morgan fingerprint density at radius 1 is 0.575 bits per heavy atom. The van der Waals surface area contributed by atoms with Crippen molar-refractivity contribution in [2.75, 3.05) is 0 Å². The van der Waals surface area contributed by atoms with Crippen molar-refractivity contribution < 1.29 is 26.3 Å². The van der Waals surface area contributed by atoms with Crippen LogP contribution in [0.1, 0.15) is 72.4 Å². The van der Waals surface area contributed by atoms with E-state index in [9.17, 15) is 22.0 Å². The van der Waals surface area contributed by atoms with Crippen LogP contribution in [0.25, 0.3) is 10.8 Å². The first-order valence-corrected chi connectivity index (χ1v) is 14.0. The number of benzene rings is 4. The van der Waals surface area contributed by atoms with Crippen LogP contribution in [0.4, 0.5) is 26.3 Å². The topological polar surface area (TPSA) is 0 Å². The van der Waals surface area contributed by atoms with Crippen molar-refractivity contribution >= 4 is 10.8 Å². The lowest BCUT2D eigenvalue weighted by atomic mass is 9.96. The van der Waals surface area contributed by atoms with Crippen molar-refractivity contribution in [2.45, 2.75) is 77.3 Å². The maximum atomic E-state index is 15.2. The number of aryl methyl sites for hydroxylation is 4. The van der Waals surface area contributed by atoms with Crippen LogP contribution in [0.3, 0.4) is 0 Å². The number of fused-ring (bicyclic) bond motifs is 1. The fraction of sp³-hybridized carbons (Fsp3) is 0.353. The molecule has 6 heteroatoms. The predicted molar refractivity (Wildman–Crippen MR) is 149 cm³/mol. The highest BCUT2D eigenvalue weighted by molar-refractivity contribution is 5.84. The molecule has 0 aliphatic heterocycles. The molecule has 0 amide bonds. The highest BCUT2D eigenvalue weighted by atomic mass is 19.4. The van der Waals surface area contributed by atoms with E-state index < -0.39 is 23.4 Å². The first-order valence-electron chi connectivity index (χ1n) is 14.0. The molecular formula is C34H34F6. The molecule has 0 bridgehead atoms. The first kappa shape index (κ1) is 29.7. The summed E-state index contributed by atoms with van der Waals surface area (Å²) in [6, 6.07) is 16.6. The lowest BCUT2D eigenvalue weighted by molar-refractivity contribution is -0.137. The maximum Gasteiger partial charge on any atom is 0.416 e. The molecule has 0 N–H and O–H groups in total. The third-order valence-electron chi connectivity index (χ3n) is 7.50. The van der Waals surface area contributed by atoms with Gasteiger partial charge in [0.2, 0.25) is 0 Å². The number of hydrogen-bond acceptors (Lipinski definition) is 0. The fourth-order valence-electron chi connectivity index (χ4n) is 5.12. The molecule has 0 nitrogen and oxygen atoms in total. The zero-order valence-electron chi connectivity index (χ0n) is 22.7. The summed E-state index contributed by atoms with van der Waals surface area (Å²) in [4.78, 5) is 0. The van der Waals surface area contributed by atoms with Gasteiger partial charge < -0.3 is 0 Å². The summed E-state index contributed by atoms with van der Waals surface area (Å²) in [5.41, 5.74) is 2.07. The van der Waals surface area contributed by atoms with E-state index in [4.69, 9.17) is 0 Å². The van der Waals surface area contributed by atoms with E-state index in [2.05, 4.69) is 6.92 Å². The van der Waals surface area contributed by atoms with Crippen molar-refractivity contribution in [3.8, 4) is 0 Å². The fourth-order valence-corrected chi connectivity index (χ4v) is 5.12. The van der Waals surface area contributed by atoms with E-state index in [0.717, 1.165) is 43.4 Å². The van der Waals surface area contributed by atoms with E-state index in [1.165, 1.54) is 30.7 Å². The third kappa shape index (κ3) is 7.67. The van der Waals surface area contributed by atoms with Crippen LogP contribution in [-0.4, -0.2) is 0 Å². The first-order chi connectivity index (χ1) is 19.2. The second-order valence-corrected chi connectivity index (χ2v) is 10.5. The summed E-state index contributed by atoms with van der Waals surface area (Å²) in [6.07, 6.45) is 3.10. The van der Waals surface area contributed by atoms with Crippen LogP contribution in [0.5, 0.6) is 0 Å². The smallest absolute Gasteiger partial charge is 0.207 e. The highest BCUT2D eigenvalue weighted by Gasteiger charge is 2.29. The van der Waals surface area contributed by atoms with E-state index in [-0.39, 0.29) is 17.8 Å². The van der Waals surface area contributed by atoms with Gasteiger partial charge in [-0.05, 0) is 90.4 Å². The molecule has 4 aromatic carbocycles. The lowest BCUT2D eigenvalue weighted by Crippen LogP contribution is -2.04. The molecule has 0 unspecified atom stereocenters. The molecule has 0 fully saturated rings. The largest absolute Gasteiger partial charge is 0.416 e. The number of rotatable bonds is 12. The SMILES string of the molecule is CCCCCCCc1cc(F)c(CCc2ccc3c(F)c(CCc4ccc(C(F)(F)F)cc4)ccc3c2)c(F)c1. The molecule has 0 aliphatic carbocycles. The zero-order chi connectivity index (χ0) is 28.7.